The third-order valence-electron chi connectivity index (χ3n) is 4.73. The Labute approximate surface area is 108 Å². The lowest BCUT2D eigenvalue weighted by molar-refractivity contribution is -0.658. The van der Waals surface area contributed by atoms with E-state index in [-0.39, 0.29) is 0 Å². The Hall–Kier alpha value is -2.42. The first-order chi connectivity index (χ1) is 9.42. The van der Waals surface area contributed by atoms with E-state index in [1.165, 1.54) is 38.6 Å². The van der Waals surface area contributed by atoms with Gasteiger partial charge in [-0.3, -0.25) is 0 Å². The van der Waals surface area contributed by atoms with Gasteiger partial charge >= 0.3 is 5.65 Å². The standard InChI is InChI=1S/C16H11N3/c1-2-10-8-17-5-4-11-9-18-6-7-19-12(3-1)13(10)15(17)14(11)16(18)19/h1-7H,8-9H2/q+2. The molecule has 2 aliphatic heterocycles. The maximum Gasteiger partial charge on any atom is 0.301 e. The van der Waals surface area contributed by atoms with Crippen molar-refractivity contribution in [2.24, 2.45) is 0 Å². The second-order valence-corrected chi connectivity index (χ2v) is 5.62. The molecule has 5 heterocycles. The van der Waals surface area contributed by atoms with Crippen LogP contribution in [-0.2, 0) is 13.1 Å². The molecule has 3 nitrogen and oxygen atoms in total. The smallest absolute Gasteiger partial charge is 0.225 e. The van der Waals surface area contributed by atoms with Crippen LogP contribution < -0.4 is 9.13 Å². The number of imidazole rings is 1. The van der Waals surface area contributed by atoms with Crippen molar-refractivity contribution in [1.29, 1.82) is 0 Å². The van der Waals surface area contributed by atoms with E-state index in [2.05, 4.69) is 56.4 Å². The van der Waals surface area contributed by atoms with Crippen molar-refractivity contribution >= 4 is 27.5 Å². The van der Waals surface area contributed by atoms with Crippen LogP contribution in [0.3, 0.4) is 0 Å². The maximum absolute atomic E-state index is 2.40. The zero-order valence-electron chi connectivity index (χ0n) is 10.3. The third kappa shape index (κ3) is 0.758. The Bertz CT molecular complexity index is 1060. The maximum atomic E-state index is 2.40. The number of benzene rings is 1. The molecule has 0 aliphatic carbocycles. The Morgan fingerprint density at radius 3 is 2.79 bits per heavy atom. The van der Waals surface area contributed by atoms with Crippen molar-refractivity contribution in [3.63, 3.8) is 0 Å². The minimum Gasteiger partial charge on any atom is -0.225 e. The van der Waals surface area contributed by atoms with Gasteiger partial charge in [0.1, 0.15) is 35.2 Å². The summed E-state index contributed by atoms with van der Waals surface area (Å²) in [6, 6.07) is 8.96. The quantitative estimate of drug-likeness (QED) is 0.284. The number of hydrogen-bond donors (Lipinski definition) is 0. The van der Waals surface area contributed by atoms with Crippen molar-refractivity contribution in [2.45, 2.75) is 13.1 Å². The lowest BCUT2D eigenvalue weighted by Crippen LogP contribution is -2.31. The van der Waals surface area contributed by atoms with E-state index < -0.39 is 0 Å². The van der Waals surface area contributed by atoms with Crippen LogP contribution in [0.25, 0.3) is 27.5 Å². The number of fused-ring (bicyclic) bond motifs is 1. The van der Waals surface area contributed by atoms with E-state index >= 15 is 0 Å². The number of aromatic nitrogens is 3. The minimum atomic E-state index is 1.01. The molecule has 1 aromatic carbocycles. The number of pyridine rings is 2. The van der Waals surface area contributed by atoms with Crippen molar-refractivity contribution < 1.29 is 9.13 Å². The van der Waals surface area contributed by atoms with Crippen LogP contribution in [0, 0.1) is 0 Å². The Morgan fingerprint density at radius 1 is 0.895 bits per heavy atom. The molecule has 0 fully saturated rings. The van der Waals surface area contributed by atoms with Gasteiger partial charge < -0.3 is 0 Å². The Kier molecular flexibility index (Phi) is 1.13. The fraction of sp³-hybridized carbons (Fsp3) is 0.125. The van der Waals surface area contributed by atoms with Gasteiger partial charge in [0, 0.05) is 17.2 Å². The van der Waals surface area contributed by atoms with E-state index in [1.54, 1.807) is 0 Å². The summed E-state index contributed by atoms with van der Waals surface area (Å²) in [4.78, 5) is 0. The van der Waals surface area contributed by atoms with Gasteiger partial charge in [-0.15, -0.1) is 0 Å². The molecule has 88 valence electrons. The van der Waals surface area contributed by atoms with Crippen LogP contribution in [0.2, 0.25) is 0 Å². The molecule has 0 saturated carbocycles. The molecule has 0 N–H and O–H groups in total. The average molecular weight is 245 g/mol. The van der Waals surface area contributed by atoms with E-state index in [9.17, 15) is 0 Å². The van der Waals surface area contributed by atoms with Gasteiger partial charge in [0.25, 0.3) is 0 Å². The number of rotatable bonds is 0. The second kappa shape index (κ2) is 2.48. The van der Waals surface area contributed by atoms with Crippen LogP contribution in [0.5, 0.6) is 0 Å². The molecule has 0 atom stereocenters. The monoisotopic (exact) mass is 245 g/mol. The summed E-state index contributed by atoms with van der Waals surface area (Å²) in [6.07, 6.45) is 6.65. The van der Waals surface area contributed by atoms with Crippen molar-refractivity contribution in [1.82, 2.24) is 4.40 Å². The molecule has 0 amide bonds. The highest BCUT2D eigenvalue weighted by atomic mass is 15.1. The fourth-order valence-electron chi connectivity index (χ4n) is 3.99. The molecule has 0 spiro atoms. The minimum absolute atomic E-state index is 1.01. The molecule has 3 heteroatoms. The Morgan fingerprint density at radius 2 is 1.79 bits per heavy atom. The first-order valence-corrected chi connectivity index (χ1v) is 6.71. The molecular weight excluding hydrogens is 234 g/mol. The highest BCUT2D eigenvalue weighted by molar-refractivity contribution is 6.11. The predicted octanol–water partition coefficient (Wildman–Crippen LogP) is 1.54. The van der Waals surface area contributed by atoms with Crippen LogP contribution in [0.15, 0.2) is 42.9 Å². The zero-order valence-corrected chi connectivity index (χ0v) is 10.3. The third-order valence-corrected chi connectivity index (χ3v) is 4.73. The van der Waals surface area contributed by atoms with Gasteiger partial charge in [-0.2, -0.15) is 8.97 Å². The zero-order chi connectivity index (χ0) is 12.1. The summed E-state index contributed by atoms with van der Waals surface area (Å²) in [5.41, 5.74) is 7.03. The molecule has 0 saturated heterocycles. The molecule has 0 bridgehead atoms. The Balaban J connectivity index is 2.17. The summed E-state index contributed by atoms with van der Waals surface area (Å²) < 4.78 is 7.12. The summed E-state index contributed by atoms with van der Waals surface area (Å²) in [6.45, 7) is 2.02. The van der Waals surface area contributed by atoms with E-state index in [0.29, 0.717) is 0 Å². The molecule has 0 radical (unpaired) electrons. The topological polar surface area (TPSA) is 12.2 Å². The van der Waals surface area contributed by atoms with Crippen molar-refractivity contribution in [3.05, 3.63) is 54.0 Å². The fourth-order valence-corrected chi connectivity index (χ4v) is 3.99. The van der Waals surface area contributed by atoms with Gasteiger partial charge in [0.2, 0.25) is 5.52 Å². The van der Waals surface area contributed by atoms with Gasteiger partial charge in [-0.05, 0) is 6.07 Å². The van der Waals surface area contributed by atoms with Crippen LogP contribution in [0.1, 0.15) is 11.1 Å². The lowest BCUT2D eigenvalue weighted by atomic mass is 10.1. The first-order valence-electron chi connectivity index (χ1n) is 6.71. The van der Waals surface area contributed by atoms with Gasteiger partial charge in [0.05, 0.1) is 0 Å². The summed E-state index contributed by atoms with van der Waals surface area (Å²) in [7, 11) is 0. The summed E-state index contributed by atoms with van der Waals surface area (Å²) in [5, 5.41) is 2.89. The van der Waals surface area contributed by atoms with E-state index in [1.807, 2.05) is 0 Å². The predicted molar refractivity (Wildman–Crippen MR) is 71.0 cm³/mol. The first kappa shape index (κ1) is 8.64. The molecule has 3 aromatic heterocycles. The van der Waals surface area contributed by atoms with Crippen LogP contribution >= 0.6 is 0 Å². The van der Waals surface area contributed by atoms with Gasteiger partial charge in [0.15, 0.2) is 12.7 Å². The van der Waals surface area contributed by atoms with Crippen molar-refractivity contribution in [2.75, 3.05) is 0 Å². The molecular formula is C16H11N3+2. The second-order valence-electron chi connectivity index (χ2n) is 5.62. The average Bonchev–Trinajstić information content (AvgIpc) is 3.07. The molecule has 0 unspecified atom stereocenters. The van der Waals surface area contributed by atoms with Crippen LogP contribution in [-0.4, -0.2) is 4.40 Å². The highest BCUT2D eigenvalue weighted by Gasteiger charge is 2.36. The normalized spacial score (nSPS) is 14.9. The molecule has 4 aromatic rings. The van der Waals surface area contributed by atoms with Gasteiger partial charge in [-0.25, -0.2) is 4.57 Å². The number of nitrogens with zero attached hydrogens (tertiary/aromatic N) is 3. The number of hydrogen-bond acceptors (Lipinski definition) is 0. The molecule has 19 heavy (non-hydrogen) atoms. The summed E-state index contributed by atoms with van der Waals surface area (Å²) >= 11 is 0. The van der Waals surface area contributed by atoms with Crippen LogP contribution in [0.4, 0.5) is 0 Å². The van der Waals surface area contributed by atoms with E-state index in [0.717, 1.165) is 13.1 Å². The van der Waals surface area contributed by atoms with E-state index in [4.69, 9.17) is 0 Å². The lowest BCUT2D eigenvalue weighted by Gasteiger charge is -1.97. The highest BCUT2D eigenvalue weighted by Crippen LogP contribution is 2.35. The molecule has 2 aliphatic rings. The summed E-state index contributed by atoms with van der Waals surface area (Å²) in [5.74, 6) is 0. The molecule has 6 rings (SSSR count). The van der Waals surface area contributed by atoms with Crippen molar-refractivity contribution in [3.8, 4) is 0 Å². The SMILES string of the molecule is c1cc2c3c(c1)n1cc[n+]4c1c1c(cc[n+](c31)C2)C4. The van der Waals surface area contributed by atoms with Gasteiger partial charge in [-0.1, -0.05) is 12.1 Å². The largest absolute Gasteiger partial charge is 0.301 e.